The van der Waals surface area contributed by atoms with Gasteiger partial charge in [0.1, 0.15) is 6.54 Å². The van der Waals surface area contributed by atoms with Gasteiger partial charge in [-0.15, -0.1) is 21.5 Å². The van der Waals surface area contributed by atoms with Gasteiger partial charge in [-0.05, 0) is 16.7 Å². The minimum absolute atomic E-state index is 0.352. The average molecular weight is 309 g/mol. The van der Waals surface area contributed by atoms with Gasteiger partial charge in [0.15, 0.2) is 5.76 Å². The van der Waals surface area contributed by atoms with E-state index in [0.717, 1.165) is 16.2 Å². The van der Waals surface area contributed by atoms with E-state index >= 15 is 0 Å². The number of hydrogen-bond donors (Lipinski definition) is 0. The van der Waals surface area contributed by atoms with E-state index in [1.54, 1.807) is 17.5 Å². The van der Waals surface area contributed by atoms with Crippen molar-refractivity contribution in [3.8, 4) is 22.0 Å². The van der Waals surface area contributed by atoms with Crippen LogP contribution in [0, 0.1) is 0 Å². The molecule has 108 valence electrons. The van der Waals surface area contributed by atoms with Crippen molar-refractivity contribution in [3.05, 3.63) is 59.9 Å². The van der Waals surface area contributed by atoms with Crippen molar-refractivity contribution in [1.29, 1.82) is 0 Å². The van der Waals surface area contributed by atoms with E-state index in [4.69, 9.17) is 4.42 Å². The summed E-state index contributed by atoms with van der Waals surface area (Å²) >= 11 is 1.61. The Morgan fingerprint density at radius 1 is 1.09 bits per heavy atom. The molecule has 0 aliphatic heterocycles. The lowest BCUT2D eigenvalue weighted by molar-refractivity contribution is 0.447. The van der Waals surface area contributed by atoms with Gasteiger partial charge in [0.2, 0.25) is 11.7 Å². The molecule has 0 N–H and O–H groups in total. The summed E-state index contributed by atoms with van der Waals surface area (Å²) in [5.74, 6) is 1.90. The molecule has 0 amide bonds. The molecule has 0 spiro atoms. The highest BCUT2D eigenvalue weighted by Gasteiger charge is 2.10. The Balaban J connectivity index is 1.54. The minimum atomic E-state index is 0.352. The molecule has 1 aromatic carbocycles. The summed E-state index contributed by atoms with van der Waals surface area (Å²) in [6.45, 7) is 0.352. The van der Waals surface area contributed by atoms with E-state index < -0.39 is 0 Å². The van der Waals surface area contributed by atoms with E-state index in [9.17, 15) is 0 Å². The van der Waals surface area contributed by atoms with E-state index in [2.05, 4.69) is 20.4 Å². The molecular weight excluding hydrogens is 298 g/mol. The molecule has 4 rings (SSSR count). The van der Waals surface area contributed by atoms with Crippen LogP contribution in [0.25, 0.3) is 22.0 Å². The number of rotatable bonds is 4. The monoisotopic (exact) mass is 309 g/mol. The topological polar surface area (TPSA) is 69.6 Å². The highest BCUT2D eigenvalue weighted by atomic mass is 32.1. The molecule has 6 nitrogen and oxygen atoms in total. The molecule has 3 aromatic heterocycles. The van der Waals surface area contributed by atoms with Crippen LogP contribution in [0.15, 0.2) is 58.5 Å². The van der Waals surface area contributed by atoms with Crippen LogP contribution in [-0.2, 0) is 6.54 Å². The predicted octanol–water partition coefficient (Wildman–Crippen LogP) is 3.10. The van der Waals surface area contributed by atoms with E-state index in [-0.39, 0.29) is 0 Å². The van der Waals surface area contributed by atoms with Crippen molar-refractivity contribution in [2.75, 3.05) is 0 Å². The third-order valence-corrected chi connectivity index (χ3v) is 3.96. The molecule has 0 saturated heterocycles. The Hall–Kier alpha value is -2.80. The van der Waals surface area contributed by atoms with E-state index in [0.29, 0.717) is 18.3 Å². The summed E-state index contributed by atoms with van der Waals surface area (Å²) in [5, 5.41) is 14.4. The molecular formula is C15H11N5OS. The number of hydrogen-bond acceptors (Lipinski definition) is 6. The van der Waals surface area contributed by atoms with Gasteiger partial charge in [0.25, 0.3) is 0 Å². The summed E-state index contributed by atoms with van der Waals surface area (Å²) in [6, 6.07) is 13.7. The van der Waals surface area contributed by atoms with Crippen LogP contribution in [0.3, 0.4) is 0 Å². The third kappa shape index (κ3) is 2.53. The van der Waals surface area contributed by atoms with Crippen LogP contribution in [0.2, 0.25) is 0 Å². The molecule has 0 aliphatic carbocycles. The maximum atomic E-state index is 5.72. The van der Waals surface area contributed by atoms with Gasteiger partial charge in [-0.2, -0.15) is 4.80 Å². The second-order valence-electron chi connectivity index (χ2n) is 4.61. The lowest BCUT2D eigenvalue weighted by Gasteiger charge is -1.94. The molecule has 3 heterocycles. The SMILES string of the molecule is c1ccc(-c2nnn(Cc3ncc(-c4cccs4)o3)n2)cc1. The van der Waals surface area contributed by atoms with Crippen LogP contribution in [0.1, 0.15) is 5.89 Å². The largest absolute Gasteiger partial charge is 0.438 e. The maximum absolute atomic E-state index is 5.72. The number of thiophene rings is 1. The van der Waals surface area contributed by atoms with Gasteiger partial charge in [0.05, 0.1) is 11.1 Å². The molecule has 0 aliphatic rings. The third-order valence-electron chi connectivity index (χ3n) is 3.08. The lowest BCUT2D eigenvalue weighted by Crippen LogP contribution is -2.04. The van der Waals surface area contributed by atoms with Gasteiger partial charge in [-0.1, -0.05) is 36.4 Å². The smallest absolute Gasteiger partial charge is 0.218 e. The Labute approximate surface area is 130 Å². The van der Waals surface area contributed by atoms with Crippen LogP contribution in [0.4, 0.5) is 0 Å². The quantitative estimate of drug-likeness (QED) is 0.579. The van der Waals surface area contributed by atoms with Crippen molar-refractivity contribution < 1.29 is 4.42 Å². The first-order valence-electron chi connectivity index (χ1n) is 6.70. The average Bonchev–Trinajstić information content (AvgIpc) is 3.30. The predicted molar refractivity (Wildman–Crippen MR) is 82.2 cm³/mol. The number of nitrogens with zero attached hydrogens (tertiary/aromatic N) is 5. The first-order chi connectivity index (χ1) is 10.9. The number of aromatic nitrogens is 5. The zero-order chi connectivity index (χ0) is 14.8. The highest BCUT2D eigenvalue weighted by molar-refractivity contribution is 7.13. The lowest BCUT2D eigenvalue weighted by atomic mass is 10.2. The van der Waals surface area contributed by atoms with Gasteiger partial charge in [-0.3, -0.25) is 0 Å². The molecule has 0 bridgehead atoms. The van der Waals surface area contributed by atoms with E-state index in [1.165, 1.54) is 4.80 Å². The summed E-state index contributed by atoms with van der Waals surface area (Å²) in [5.41, 5.74) is 0.931. The zero-order valence-electron chi connectivity index (χ0n) is 11.5. The Morgan fingerprint density at radius 3 is 2.82 bits per heavy atom. The summed E-state index contributed by atoms with van der Waals surface area (Å²) in [6.07, 6.45) is 1.72. The fraction of sp³-hybridized carbons (Fsp3) is 0.0667. The Kier molecular flexibility index (Phi) is 3.24. The molecule has 4 aromatic rings. The van der Waals surface area contributed by atoms with Gasteiger partial charge >= 0.3 is 0 Å². The number of tetrazole rings is 1. The fourth-order valence-electron chi connectivity index (χ4n) is 2.05. The molecule has 22 heavy (non-hydrogen) atoms. The highest BCUT2D eigenvalue weighted by Crippen LogP contribution is 2.25. The van der Waals surface area contributed by atoms with Crippen LogP contribution in [0.5, 0.6) is 0 Å². The number of oxazole rings is 1. The van der Waals surface area contributed by atoms with Crippen molar-refractivity contribution in [1.82, 2.24) is 25.2 Å². The first kappa shape index (κ1) is 12.9. The van der Waals surface area contributed by atoms with Gasteiger partial charge in [0, 0.05) is 5.56 Å². The maximum Gasteiger partial charge on any atom is 0.218 e. The number of benzene rings is 1. The molecule has 0 atom stereocenters. The summed E-state index contributed by atoms with van der Waals surface area (Å²) in [7, 11) is 0. The Bertz CT molecular complexity index is 866. The van der Waals surface area contributed by atoms with Gasteiger partial charge < -0.3 is 4.42 Å². The Morgan fingerprint density at radius 2 is 2.00 bits per heavy atom. The first-order valence-corrected chi connectivity index (χ1v) is 7.58. The summed E-state index contributed by atoms with van der Waals surface area (Å²) in [4.78, 5) is 6.79. The minimum Gasteiger partial charge on any atom is -0.438 e. The standard InChI is InChI=1S/C15H11N5OS/c1-2-5-11(6-3-1)15-17-19-20(18-15)10-14-16-9-12(21-14)13-7-4-8-22-13/h1-9H,10H2. The van der Waals surface area contributed by atoms with Gasteiger partial charge in [-0.25, -0.2) is 4.98 Å². The van der Waals surface area contributed by atoms with Crippen molar-refractivity contribution >= 4 is 11.3 Å². The van der Waals surface area contributed by atoms with Crippen LogP contribution in [-0.4, -0.2) is 25.2 Å². The second-order valence-corrected chi connectivity index (χ2v) is 5.55. The van der Waals surface area contributed by atoms with Crippen LogP contribution < -0.4 is 0 Å². The zero-order valence-corrected chi connectivity index (χ0v) is 12.3. The second kappa shape index (κ2) is 5.53. The molecule has 0 fully saturated rings. The van der Waals surface area contributed by atoms with Crippen molar-refractivity contribution in [3.63, 3.8) is 0 Å². The summed E-state index contributed by atoms with van der Waals surface area (Å²) < 4.78 is 5.72. The molecule has 7 heteroatoms. The van der Waals surface area contributed by atoms with Crippen molar-refractivity contribution in [2.24, 2.45) is 0 Å². The molecule has 0 unspecified atom stereocenters. The van der Waals surface area contributed by atoms with Crippen LogP contribution >= 0.6 is 11.3 Å². The molecule has 0 radical (unpaired) electrons. The molecule has 0 saturated carbocycles. The normalized spacial score (nSPS) is 10.9. The van der Waals surface area contributed by atoms with E-state index in [1.807, 2.05) is 47.8 Å². The fourth-order valence-corrected chi connectivity index (χ4v) is 2.72. The van der Waals surface area contributed by atoms with Crippen molar-refractivity contribution in [2.45, 2.75) is 6.54 Å².